The lowest BCUT2D eigenvalue weighted by Gasteiger charge is -2.23. The highest BCUT2D eigenvalue weighted by atomic mass is 79.9. The molecule has 0 aliphatic heterocycles. The Labute approximate surface area is 127 Å². The van der Waals surface area contributed by atoms with Crippen LogP contribution in [-0.2, 0) is 0 Å². The van der Waals surface area contributed by atoms with Crippen LogP contribution in [0.25, 0.3) is 0 Å². The average molecular weight is 349 g/mol. The third-order valence-corrected chi connectivity index (χ3v) is 4.18. The van der Waals surface area contributed by atoms with Crippen molar-refractivity contribution in [2.45, 2.75) is 27.2 Å². The van der Waals surface area contributed by atoms with E-state index < -0.39 is 0 Å². The highest BCUT2D eigenvalue weighted by Gasteiger charge is 2.23. The molecule has 6 heteroatoms. The maximum absolute atomic E-state index is 8.72. The van der Waals surface area contributed by atoms with Gasteiger partial charge >= 0.3 is 0 Å². The van der Waals surface area contributed by atoms with Crippen LogP contribution < -0.4 is 11.1 Å². The van der Waals surface area contributed by atoms with E-state index >= 15 is 0 Å². The quantitative estimate of drug-likeness (QED) is 0.326. The van der Waals surface area contributed by atoms with Crippen LogP contribution in [0.15, 0.2) is 21.8 Å². The van der Waals surface area contributed by atoms with E-state index in [-0.39, 0.29) is 11.3 Å². The van der Waals surface area contributed by atoms with Crippen molar-refractivity contribution in [3.8, 4) is 0 Å². The maximum atomic E-state index is 8.72. The molecule has 1 aromatic carbocycles. The van der Waals surface area contributed by atoms with Gasteiger partial charge in [-0.1, -0.05) is 30.6 Å². The molecule has 0 amide bonds. The highest BCUT2D eigenvalue weighted by molar-refractivity contribution is 9.10. The van der Waals surface area contributed by atoms with Crippen molar-refractivity contribution >= 4 is 39.1 Å². The van der Waals surface area contributed by atoms with Crippen LogP contribution in [0.3, 0.4) is 0 Å². The van der Waals surface area contributed by atoms with Crippen molar-refractivity contribution in [3.63, 3.8) is 0 Å². The summed E-state index contributed by atoms with van der Waals surface area (Å²) in [7, 11) is 0. The van der Waals surface area contributed by atoms with Gasteiger partial charge in [-0.05, 0) is 47.0 Å². The molecule has 0 spiro atoms. The summed E-state index contributed by atoms with van der Waals surface area (Å²) in [6.07, 6.45) is 0.737. The van der Waals surface area contributed by atoms with Gasteiger partial charge in [-0.2, -0.15) is 0 Å². The standard InChI is InChI=1S/C13H19BrClN3O/c1-8-6-9(14)11(7-10(8)15)17-5-4-13(2,3)12(16)18-19/h6-7,17,19H,4-5H2,1-3H3,(H2,16,18). The van der Waals surface area contributed by atoms with Gasteiger partial charge in [-0.25, -0.2) is 0 Å². The molecule has 0 heterocycles. The van der Waals surface area contributed by atoms with Crippen molar-refractivity contribution < 1.29 is 5.21 Å². The second-order valence-electron chi connectivity index (χ2n) is 5.13. The number of nitrogens with two attached hydrogens (primary N) is 1. The number of hydrogen-bond donors (Lipinski definition) is 3. The molecule has 0 aliphatic carbocycles. The third-order valence-electron chi connectivity index (χ3n) is 3.11. The van der Waals surface area contributed by atoms with Crippen LogP contribution in [0.4, 0.5) is 5.69 Å². The molecule has 1 rings (SSSR count). The number of nitrogens with one attached hydrogen (secondary N) is 1. The van der Waals surface area contributed by atoms with Crippen molar-refractivity contribution in [1.29, 1.82) is 0 Å². The summed E-state index contributed by atoms with van der Waals surface area (Å²) in [5.74, 6) is 0.232. The fraction of sp³-hybridized carbons (Fsp3) is 0.462. The first-order valence-corrected chi connectivity index (χ1v) is 7.12. The van der Waals surface area contributed by atoms with Crippen molar-refractivity contribution in [3.05, 3.63) is 27.2 Å². The molecular weight excluding hydrogens is 330 g/mol. The van der Waals surface area contributed by atoms with Gasteiger partial charge in [-0.3, -0.25) is 0 Å². The predicted octanol–water partition coefficient (Wildman–Crippen LogP) is 3.99. The Morgan fingerprint density at radius 2 is 2.16 bits per heavy atom. The molecule has 1 aromatic rings. The first-order chi connectivity index (χ1) is 8.77. The molecular formula is C13H19BrClN3O. The second-order valence-corrected chi connectivity index (χ2v) is 6.39. The van der Waals surface area contributed by atoms with Gasteiger partial charge in [-0.15, -0.1) is 0 Å². The molecule has 19 heavy (non-hydrogen) atoms. The fourth-order valence-electron chi connectivity index (χ4n) is 1.55. The van der Waals surface area contributed by atoms with E-state index in [4.69, 9.17) is 22.5 Å². The van der Waals surface area contributed by atoms with Gasteiger partial charge in [0.25, 0.3) is 0 Å². The Bertz CT molecular complexity index is 489. The Hall–Kier alpha value is -0.940. The molecule has 0 atom stereocenters. The van der Waals surface area contributed by atoms with Crippen molar-refractivity contribution in [2.24, 2.45) is 16.3 Å². The summed E-state index contributed by atoms with van der Waals surface area (Å²) in [5, 5.41) is 15.8. The number of aryl methyl sites for hydroxylation is 1. The Balaban J connectivity index is 2.66. The SMILES string of the molecule is Cc1cc(Br)c(NCCC(C)(C)/C(N)=N/O)cc1Cl. The van der Waals surface area contributed by atoms with Crippen LogP contribution >= 0.6 is 27.5 Å². The van der Waals surface area contributed by atoms with E-state index in [9.17, 15) is 0 Å². The Kier molecular flexibility index (Phi) is 5.50. The summed E-state index contributed by atoms with van der Waals surface area (Å²) in [4.78, 5) is 0. The number of oxime groups is 1. The number of hydrogen-bond acceptors (Lipinski definition) is 3. The zero-order valence-corrected chi connectivity index (χ0v) is 13.6. The molecule has 106 valence electrons. The van der Waals surface area contributed by atoms with Crippen LogP contribution in [-0.4, -0.2) is 17.6 Å². The first kappa shape index (κ1) is 16.1. The van der Waals surface area contributed by atoms with E-state index in [0.717, 1.165) is 27.2 Å². The minimum Gasteiger partial charge on any atom is -0.409 e. The number of nitrogens with zero attached hydrogens (tertiary/aromatic N) is 1. The zero-order chi connectivity index (χ0) is 14.6. The van der Waals surface area contributed by atoms with Gasteiger partial charge in [0.1, 0.15) is 5.84 Å². The molecule has 0 saturated carbocycles. The monoisotopic (exact) mass is 347 g/mol. The van der Waals surface area contributed by atoms with Gasteiger partial charge < -0.3 is 16.3 Å². The summed E-state index contributed by atoms with van der Waals surface area (Å²) >= 11 is 9.59. The van der Waals surface area contributed by atoms with Crippen LogP contribution in [0.2, 0.25) is 5.02 Å². The van der Waals surface area contributed by atoms with E-state index in [2.05, 4.69) is 26.4 Å². The number of rotatable bonds is 5. The lowest BCUT2D eigenvalue weighted by Crippen LogP contribution is -2.33. The van der Waals surface area contributed by atoms with Gasteiger partial charge in [0, 0.05) is 27.1 Å². The third kappa shape index (κ3) is 4.28. The van der Waals surface area contributed by atoms with Crippen molar-refractivity contribution in [1.82, 2.24) is 0 Å². The van der Waals surface area contributed by atoms with Gasteiger partial charge in [0.05, 0.1) is 0 Å². The van der Waals surface area contributed by atoms with Crippen molar-refractivity contribution in [2.75, 3.05) is 11.9 Å². The normalized spacial score (nSPS) is 12.6. The van der Waals surface area contributed by atoms with E-state index in [0.29, 0.717) is 6.54 Å². The fourth-order valence-corrected chi connectivity index (χ4v) is 2.32. The number of halogens is 2. The molecule has 4 N–H and O–H groups in total. The molecule has 0 unspecified atom stereocenters. The zero-order valence-electron chi connectivity index (χ0n) is 11.3. The largest absolute Gasteiger partial charge is 0.409 e. The first-order valence-electron chi connectivity index (χ1n) is 5.95. The molecule has 0 fully saturated rings. The summed E-state index contributed by atoms with van der Waals surface area (Å²) < 4.78 is 0.969. The lowest BCUT2D eigenvalue weighted by molar-refractivity contribution is 0.306. The second kappa shape index (κ2) is 6.48. The average Bonchev–Trinajstić information content (AvgIpc) is 2.34. The highest BCUT2D eigenvalue weighted by Crippen LogP contribution is 2.29. The molecule has 0 radical (unpaired) electrons. The number of benzene rings is 1. The lowest BCUT2D eigenvalue weighted by atomic mass is 9.88. The molecule has 0 bridgehead atoms. The summed E-state index contributed by atoms with van der Waals surface area (Å²) in [6.45, 7) is 6.52. The maximum Gasteiger partial charge on any atom is 0.144 e. The van der Waals surface area contributed by atoms with E-state index in [1.807, 2.05) is 32.9 Å². The molecule has 0 saturated heterocycles. The number of anilines is 1. The predicted molar refractivity (Wildman–Crippen MR) is 84.2 cm³/mol. The molecule has 4 nitrogen and oxygen atoms in total. The van der Waals surface area contributed by atoms with Crippen LogP contribution in [0.1, 0.15) is 25.8 Å². The smallest absolute Gasteiger partial charge is 0.144 e. The number of amidine groups is 1. The van der Waals surface area contributed by atoms with E-state index in [1.54, 1.807) is 0 Å². The summed E-state index contributed by atoms with van der Waals surface area (Å²) in [6, 6.07) is 3.86. The topological polar surface area (TPSA) is 70.6 Å². The molecule has 0 aliphatic rings. The van der Waals surface area contributed by atoms with Gasteiger partial charge in [0.2, 0.25) is 0 Å². The molecule has 0 aromatic heterocycles. The minimum absolute atomic E-state index is 0.232. The van der Waals surface area contributed by atoms with E-state index in [1.165, 1.54) is 0 Å². The minimum atomic E-state index is -0.358. The Morgan fingerprint density at radius 1 is 1.53 bits per heavy atom. The summed E-state index contributed by atoms with van der Waals surface area (Å²) in [5.41, 5.74) is 7.25. The van der Waals surface area contributed by atoms with Crippen LogP contribution in [0, 0.1) is 12.3 Å². The van der Waals surface area contributed by atoms with Gasteiger partial charge in [0.15, 0.2) is 0 Å². The Morgan fingerprint density at radius 3 is 2.74 bits per heavy atom. The van der Waals surface area contributed by atoms with Crippen LogP contribution in [0.5, 0.6) is 0 Å².